The highest BCUT2D eigenvalue weighted by atomic mass is 16.7. The SMILES string of the molecule is CCOC(=O)c1cccc(NC(=O)NCC(=O)N(Cc2ccccc2)C2c3ccccc3CCC2C(Cc2ccccc2)C2=COCO2)c1. The molecular formula is C40H41N3O6. The van der Waals surface area contributed by atoms with Crippen molar-refractivity contribution in [3.05, 3.63) is 149 Å². The number of nitrogens with zero attached hydrogens (tertiary/aromatic N) is 1. The molecule has 0 aromatic heterocycles. The van der Waals surface area contributed by atoms with Crippen LogP contribution in [0.4, 0.5) is 10.5 Å². The smallest absolute Gasteiger partial charge is 0.338 e. The Balaban J connectivity index is 1.29. The quantitative estimate of drug-likeness (QED) is 0.158. The Labute approximate surface area is 286 Å². The zero-order chi connectivity index (χ0) is 34.0. The summed E-state index contributed by atoms with van der Waals surface area (Å²) in [7, 11) is 0. The van der Waals surface area contributed by atoms with E-state index in [0.29, 0.717) is 17.8 Å². The molecule has 1 heterocycles. The van der Waals surface area contributed by atoms with Crippen LogP contribution >= 0.6 is 0 Å². The largest absolute Gasteiger partial charge is 0.462 e. The fourth-order valence-corrected chi connectivity index (χ4v) is 6.85. The van der Waals surface area contributed by atoms with Crippen LogP contribution in [0.3, 0.4) is 0 Å². The number of fused-ring (bicyclic) bond motifs is 1. The fourth-order valence-electron chi connectivity index (χ4n) is 6.85. The van der Waals surface area contributed by atoms with Gasteiger partial charge in [-0.15, -0.1) is 0 Å². The molecule has 2 aliphatic rings. The van der Waals surface area contributed by atoms with E-state index < -0.39 is 12.0 Å². The van der Waals surface area contributed by atoms with Gasteiger partial charge in [-0.05, 0) is 72.6 Å². The predicted molar refractivity (Wildman–Crippen MR) is 186 cm³/mol. The standard InChI is InChI=1S/C40H41N3O6/c1-2-48-39(45)31-17-11-18-32(23-31)42-40(46)41-24-37(44)43(25-29-14-7-4-8-15-29)38-33-19-10-9-16-30(33)20-21-34(38)35(36-26-47-27-49-36)22-28-12-5-3-6-13-28/h3-19,23,26,34-35,38H,2,20-22,24-25,27H2,1H3,(H2,41,42,46). The Morgan fingerprint density at radius 3 is 2.37 bits per heavy atom. The average Bonchev–Trinajstić information content (AvgIpc) is 3.68. The number of allylic oxidation sites excluding steroid dienone is 1. The number of rotatable bonds is 12. The van der Waals surface area contributed by atoms with E-state index in [0.717, 1.165) is 36.1 Å². The molecule has 3 amide bonds. The first-order chi connectivity index (χ1) is 24.0. The van der Waals surface area contributed by atoms with Crippen molar-refractivity contribution in [3.8, 4) is 0 Å². The zero-order valence-corrected chi connectivity index (χ0v) is 27.5. The van der Waals surface area contributed by atoms with Gasteiger partial charge in [0.25, 0.3) is 0 Å². The number of benzene rings is 4. The minimum atomic E-state index is -0.557. The number of anilines is 1. The number of amides is 3. The second-order valence-corrected chi connectivity index (χ2v) is 12.2. The molecule has 0 bridgehead atoms. The molecule has 2 N–H and O–H groups in total. The third-order valence-electron chi connectivity index (χ3n) is 9.08. The van der Waals surface area contributed by atoms with Crippen molar-refractivity contribution in [3.63, 3.8) is 0 Å². The van der Waals surface area contributed by atoms with Gasteiger partial charge < -0.3 is 29.7 Å². The third-order valence-corrected chi connectivity index (χ3v) is 9.08. The summed E-state index contributed by atoms with van der Waals surface area (Å²) in [6, 6.07) is 34.2. The molecular weight excluding hydrogens is 618 g/mol. The van der Waals surface area contributed by atoms with Crippen LogP contribution in [0.15, 0.2) is 121 Å². The third kappa shape index (κ3) is 8.30. The maximum Gasteiger partial charge on any atom is 0.338 e. The van der Waals surface area contributed by atoms with Crippen LogP contribution in [0.1, 0.15) is 52.0 Å². The van der Waals surface area contributed by atoms with Gasteiger partial charge in [0.05, 0.1) is 24.8 Å². The molecule has 1 aliphatic heterocycles. The van der Waals surface area contributed by atoms with Gasteiger partial charge in [0.2, 0.25) is 12.7 Å². The molecule has 49 heavy (non-hydrogen) atoms. The normalized spacial score (nSPS) is 17.0. The zero-order valence-electron chi connectivity index (χ0n) is 27.5. The first kappa shape index (κ1) is 33.3. The first-order valence-electron chi connectivity index (χ1n) is 16.7. The van der Waals surface area contributed by atoms with Crippen molar-refractivity contribution in [1.82, 2.24) is 10.2 Å². The second kappa shape index (κ2) is 16.0. The lowest BCUT2D eigenvalue weighted by molar-refractivity contribution is -0.135. The van der Waals surface area contributed by atoms with Crippen LogP contribution in [-0.2, 0) is 38.4 Å². The number of aryl methyl sites for hydroxylation is 1. The van der Waals surface area contributed by atoms with E-state index in [1.54, 1.807) is 37.5 Å². The topological polar surface area (TPSA) is 106 Å². The molecule has 0 fully saturated rings. The number of nitrogens with one attached hydrogen (secondary N) is 2. The van der Waals surface area contributed by atoms with Crippen molar-refractivity contribution in [1.29, 1.82) is 0 Å². The fraction of sp³-hybridized carbons (Fsp3) is 0.275. The second-order valence-electron chi connectivity index (χ2n) is 12.2. The number of hydrogen-bond donors (Lipinski definition) is 2. The summed E-state index contributed by atoms with van der Waals surface area (Å²) < 4.78 is 16.7. The molecule has 4 aromatic carbocycles. The summed E-state index contributed by atoms with van der Waals surface area (Å²) in [4.78, 5) is 41.6. The van der Waals surface area contributed by atoms with Crippen molar-refractivity contribution in [2.24, 2.45) is 11.8 Å². The number of urea groups is 1. The number of carbonyl (C=O) groups is 3. The highest BCUT2D eigenvalue weighted by molar-refractivity contribution is 5.95. The highest BCUT2D eigenvalue weighted by Crippen LogP contribution is 2.46. The summed E-state index contributed by atoms with van der Waals surface area (Å²) >= 11 is 0. The summed E-state index contributed by atoms with van der Waals surface area (Å²) in [5.41, 5.74) is 5.20. The van der Waals surface area contributed by atoms with Crippen molar-refractivity contribution in [2.75, 3.05) is 25.3 Å². The molecule has 0 spiro atoms. The molecule has 6 rings (SSSR count). The molecule has 9 heteroatoms. The number of esters is 1. The molecule has 3 unspecified atom stereocenters. The van der Waals surface area contributed by atoms with Gasteiger partial charge >= 0.3 is 12.0 Å². The molecule has 1 aliphatic carbocycles. The van der Waals surface area contributed by atoms with E-state index in [4.69, 9.17) is 14.2 Å². The Morgan fingerprint density at radius 2 is 1.63 bits per heavy atom. The minimum Gasteiger partial charge on any atom is -0.462 e. The Hall–Kier alpha value is -5.57. The molecule has 0 radical (unpaired) electrons. The van der Waals surface area contributed by atoms with E-state index in [1.165, 1.54) is 11.1 Å². The maximum absolute atomic E-state index is 14.4. The van der Waals surface area contributed by atoms with Crippen molar-refractivity contribution in [2.45, 2.75) is 38.8 Å². The van der Waals surface area contributed by atoms with Gasteiger partial charge in [-0.25, -0.2) is 9.59 Å². The van der Waals surface area contributed by atoms with Gasteiger partial charge in [0, 0.05) is 18.2 Å². The molecule has 0 saturated carbocycles. The number of ether oxygens (including phenoxy) is 3. The maximum atomic E-state index is 14.4. The van der Waals surface area contributed by atoms with Crippen LogP contribution in [-0.4, -0.2) is 42.8 Å². The minimum absolute atomic E-state index is 0.00448. The highest BCUT2D eigenvalue weighted by Gasteiger charge is 2.42. The Morgan fingerprint density at radius 1 is 0.898 bits per heavy atom. The number of hydrogen-bond acceptors (Lipinski definition) is 6. The van der Waals surface area contributed by atoms with Crippen molar-refractivity contribution >= 4 is 23.6 Å². The van der Waals surface area contributed by atoms with Crippen LogP contribution in [0.2, 0.25) is 0 Å². The molecule has 252 valence electrons. The monoisotopic (exact) mass is 659 g/mol. The van der Waals surface area contributed by atoms with Crippen molar-refractivity contribution < 1.29 is 28.6 Å². The van der Waals surface area contributed by atoms with Crippen LogP contribution in [0.5, 0.6) is 0 Å². The van der Waals surface area contributed by atoms with E-state index in [2.05, 4.69) is 34.9 Å². The van der Waals surface area contributed by atoms with Gasteiger partial charge in [-0.3, -0.25) is 4.79 Å². The summed E-state index contributed by atoms with van der Waals surface area (Å²) in [6.07, 6.45) is 4.15. The van der Waals surface area contributed by atoms with E-state index >= 15 is 0 Å². The molecule has 0 saturated heterocycles. The van der Waals surface area contributed by atoms with Crippen LogP contribution in [0, 0.1) is 11.8 Å². The Bertz CT molecular complexity index is 1780. The summed E-state index contributed by atoms with van der Waals surface area (Å²) in [5.74, 6) is 0.0267. The number of carbonyl (C=O) groups excluding carboxylic acids is 3. The molecule has 3 atom stereocenters. The van der Waals surface area contributed by atoms with Gasteiger partial charge in [0.15, 0.2) is 0 Å². The first-order valence-corrected chi connectivity index (χ1v) is 16.7. The predicted octanol–water partition coefficient (Wildman–Crippen LogP) is 7.02. The average molecular weight is 660 g/mol. The molecule has 4 aromatic rings. The van der Waals surface area contributed by atoms with Gasteiger partial charge in [0.1, 0.15) is 12.0 Å². The lowest BCUT2D eigenvalue weighted by atomic mass is 9.70. The van der Waals surface area contributed by atoms with E-state index in [1.807, 2.05) is 65.6 Å². The summed E-state index contributed by atoms with van der Waals surface area (Å²) in [5, 5.41) is 5.50. The van der Waals surface area contributed by atoms with Gasteiger partial charge in [-0.2, -0.15) is 0 Å². The van der Waals surface area contributed by atoms with E-state index in [9.17, 15) is 14.4 Å². The van der Waals surface area contributed by atoms with Crippen LogP contribution < -0.4 is 10.6 Å². The van der Waals surface area contributed by atoms with Gasteiger partial charge in [-0.1, -0.05) is 91.0 Å². The lowest BCUT2D eigenvalue weighted by Crippen LogP contribution is -2.47. The molecule has 9 nitrogen and oxygen atoms in total. The lowest BCUT2D eigenvalue weighted by Gasteiger charge is -2.44. The summed E-state index contributed by atoms with van der Waals surface area (Å²) in [6.45, 7) is 2.28. The Kier molecular flexibility index (Phi) is 10.9. The van der Waals surface area contributed by atoms with E-state index in [-0.39, 0.29) is 43.7 Å². The van der Waals surface area contributed by atoms with Crippen LogP contribution in [0.25, 0.3) is 0 Å².